The minimum Gasteiger partial charge on any atom is -0.394 e. The molecule has 0 atom stereocenters. The predicted octanol–water partition coefficient (Wildman–Crippen LogP) is 2.24. The summed E-state index contributed by atoms with van der Waals surface area (Å²) in [6.45, 7) is 4.12. The fourth-order valence-corrected chi connectivity index (χ4v) is 1.72. The number of benzene rings is 1. The third-order valence-electron chi connectivity index (χ3n) is 2.85. The van der Waals surface area contributed by atoms with Crippen LogP contribution >= 0.6 is 0 Å². The molecule has 2 aromatic rings. The van der Waals surface area contributed by atoms with Crippen molar-refractivity contribution in [1.29, 1.82) is 0 Å². The molecule has 0 spiro atoms. The van der Waals surface area contributed by atoms with Gasteiger partial charge in [-0.05, 0) is 36.6 Å². The van der Waals surface area contributed by atoms with Crippen molar-refractivity contribution in [2.75, 3.05) is 5.73 Å². The molecule has 1 aromatic heterocycles. The summed E-state index contributed by atoms with van der Waals surface area (Å²) in [7, 11) is 0. The maximum Gasteiger partial charge on any atom is 0.271 e. The Kier molecular flexibility index (Phi) is 2.52. The van der Waals surface area contributed by atoms with Gasteiger partial charge in [-0.3, -0.25) is 4.79 Å². The molecule has 0 unspecified atom stereocenters. The smallest absolute Gasteiger partial charge is 0.271 e. The van der Waals surface area contributed by atoms with Crippen molar-refractivity contribution in [1.82, 2.24) is 4.98 Å². The lowest BCUT2D eigenvalue weighted by Crippen LogP contribution is -2.10. The average molecular weight is 214 g/mol. The van der Waals surface area contributed by atoms with Crippen LogP contribution in [-0.2, 0) is 0 Å². The largest absolute Gasteiger partial charge is 0.394 e. The van der Waals surface area contributed by atoms with Gasteiger partial charge in [-0.1, -0.05) is 18.2 Å². The second-order valence-electron chi connectivity index (χ2n) is 3.92. The van der Waals surface area contributed by atoms with E-state index in [1.807, 2.05) is 12.1 Å². The van der Waals surface area contributed by atoms with E-state index in [1.165, 1.54) is 11.1 Å². The molecule has 3 heteroatoms. The van der Waals surface area contributed by atoms with Crippen LogP contribution in [-0.4, -0.2) is 4.98 Å². The molecule has 0 amide bonds. The number of nitrogens with two attached hydrogens (primary N) is 1. The Morgan fingerprint density at radius 1 is 1.25 bits per heavy atom. The van der Waals surface area contributed by atoms with Crippen molar-refractivity contribution in [3.8, 4) is 11.1 Å². The van der Waals surface area contributed by atoms with Crippen molar-refractivity contribution in [3.63, 3.8) is 0 Å². The standard InChI is InChI=1S/C13H14N2O/c1-8-4-3-5-11(9(8)2)10-6-12(14)13(16)15-7-10/h3-7H,14H2,1-2H3,(H,15,16). The average Bonchev–Trinajstić information content (AvgIpc) is 2.26. The summed E-state index contributed by atoms with van der Waals surface area (Å²) in [6, 6.07) is 7.79. The van der Waals surface area contributed by atoms with Gasteiger partial charge < -0.3 is 10.7 Å². The van der Waals surface area contributed by atoms with Crippen LogP contribution in [0.25, 0.3) is 11.1 Å². The molecule has 3 N–H and O–H groups in total. The summed E-state index contributed by atoms with van der Waals surface area (Å²) in [6.07, 6.45) is 1.69. The van der Waals surface area contributed by atoms with Gasteiger partial charge >= 0.3 is 0 Å². The van der Waals surface area contributed by atoms with Gasteiger partial charge in [0.05, 0.1) is 5.69 Å². The minimum atomic E-state index is -0.242. The molecule has 0 saturated carbocycles. The van der Waals surface area contributed by atoms with Crippen molar-refractivity contribution in [3.05, 3.63) is 51.9 Å². The first kappa shape index (κ1) is 10.5. The van der Waals surface area contributed by atoms with E-state index >= 15 is 0 Å². The summed E-state index contributed by atoms with van der Waals surface area (Å²) in [5, 5.41) is 0. The Hall–Kier alpha value is -2.03. The van der Waals surface area contributed by atoms with E-state index in [0.717, 1.165) is 11.1 Å². The zero-order valence-corrected chi connectivity index (χ0v) is 9.37. The Bertz CT molecular complexity index is 585. The SMILES string of the molecule is Cc1cccc(-c2c[nH]c(=O)c(N)c2)c1C. The molecule has 0 saturated heterocycles. The van der Waals surface area contributed by atoms with Crippen molar-refractivity contribution in [2.45, 2.75) is 13.8 Å². The van der Waals surface area contributed by atoms with E-state index in [0.29, 0.717) is 0 Å². The van der Waals surface area contributed by atoms with Gasteiger partial charge in [0.2, 0.25) is 0 Å². The fraction of sp³-hybridized carbons (Fsp3) is 0.154. The van der Waals surface area contributed by atoms with Crippen LogP contribution in [0.4, 0.5) is 5.69 Å². The Labute approximate surface area is 93.9 Å². The van der Waals surface area contributed by atoms with Crippen LogP contribution in [0.3, 0.4) is 0 Å². The fourth-order valence-electron chi connectivity index (χ4n) is 1.72. The maximum absolute atomic E-state index is 11.2. The van der Waals surface area contributed by atoms with Gasteiger partial charge in [0, 0.05) is 11.8 Å². The van der Waals surface area contributed by atoms with Crippen molar-refractivity contribution >= 4 is 5.69 Å². The van der Waals surface area contributed by atoms with E-state index in [4.69, 9.17) is 5.73 Å². The zero-order chi connectivity index (χ0) is 11.7. The highest BCUT2D eigenvalue weighted by molar-refractivity contribution is 5.70. The lowest BCUT2D eigenvalue weighted by molar-refractivity contribution is 1.24. The van der Waals surface area contributed by atoms with Crippen molar-refractivity contribution < 1.29 is 0 Å². The van der Waals surface area contributed by atoms with Crippen LogP contribution in [0.5, 0.6) is 0 Å². The number of hydrogen-bond donors (Lipinski definition) is 2. The molecule has 82 valence electrons. The van der Waals surface area contributed by atoms with Gasteiger partial charge in [-0.15, -0.1) is 0 Å². The molecule has 0 radical (unpaired) electrons. The van der Waals surface area contributed by atoms with Crippen LogP contribution in [0.2, 0.25) is 0 Å². The van der Waals surface area contributed by atoms with Crippen LogP contribution < -0.4 is 11.3 Å². The molecule has 0 aliphatic carbocycles. The number of aryl methyl sites for hydroxylation is 1. The predicted molar refractivity (Wildman–Crippen MR) is 66.4 cm³/mol. The Morgan fingerprint density at radius 3 is 2.69 bits per heavy atom. The molecular formula is C13H14N2O. The number of aromatic nitrogens is 1. The molecule has 2 rings (SSSR count). The molecule has 16 heavy (non-hydrogen) atoms. The number of hydrogen-bond acceptors (Lipinski definition) is 2. The first-order valence-electron chi connectivity index (χ1n) is 5.14. The van der Waals surface area contributed by atoms with Gasteiger partial charge in [0.1, 0.15) is 0 Å². The third kappa shape index (κ3) is 1.72. The number of aromatic amines is 1. The number of nitrogen functional groups attached to an aromatic ring is 1. The molecular weight excluding hydrogens is 200 g/mol. The summed E-state index contributed by atoms with van der Waals surface area (Å²) >= 11 is 0. The molecule has 1 aromatic carbocycles. The highest BCUT2D eigenvalue weighted by atomic mass is 16.1. The zero-order valence-electron chi connectivity index (χ0n) is 9.37. The Morgan fingerprint density at radius 2 is 2.00 bits per heavy atom. The van der Waals surface area contributed by atoms with Crippen molar-refractivity contribution in [2.24, 2.45) is 0 Å². The Balaban J connectivity index is 2.63. The van der Waals surface area contributed by atoms with E-state index in [2.05, 4.69) is 24.9 Å². The lowest BCUT2D eigenvalue weighted by Gasteiger charge is -2.08. The highest BCUT2D eigenvalue weighted by Crippen LogP contribution is 2.24. The normalized spacial score (nSPS) is 10.4. The molecule has 0 aliphatic rings. The third-order valence-corrected chi connectivity index (χ3v) is 2.85. The maximum atomic E-state index is 11.2. The second-order valence-corrected chi connectivity index (χ2v) is 3.92. The van der Waals surface area contributed by atoms with E-state index < -0.39 is 0 Å². The number of rotatable bonds is 1. The lowest BCUT2D eigenvalue weighted by atomic mass is 9.98. The van der Waals surface area contributed by atoms with Gasteiger partial charge in [-0.25, -0.2) is 0 Å². The number of H-pyrrole nitrogens is 1. The van der Waals surface area contributed by atoms with E-state index in [-0.39, 0.29) is 11.2 Å². The summed E-state index contributed by atoms with van der Waals surface area (Å²) < 4.78 is 0. The molecule has 0 aliphatic heterocycles. The number of pyridine rings is 1. The van der Waals surface area contributed by atoms with Gasteiger partial charge in [0.15, 0.2) is 0 Å². The second kappa shape index (κ2) is 3.85. The van der Waals surface area contributed by atoms with Gasteiger partial charge in [-0.2, -0.15) is 0 Å². The summed E-state index contributed by atoms with van der Waals surface area (Å²) in [5.41, 5.74) is 10.1. The monoisotopic (exact) mass is 214 g/mol. The van der Waals surface area contributed by atoms with Crippen LogP contribution in [0, 0.1) is 13.8 Å². The summed E-state index contributed by atoms with van der Waals surface area (Å²) in [4.78, 5) is 13.8. The first-order valence-corrected chi connectivity index (χ1v) is 5.14. The number of nitrogens with one attached hydrogen (secondary N) is 1. The van der Waals surface area contributed by atoms with E-state index in [1.54, 1.807) is 12.3 Å². The van der Waals surface area contributed by atoms with Gasteiger partial charge in [0.25, 0.3) is 5.56 Å². The van der Waals surface area contributed by atoms with Crippen LogP contribution in [0.15, 0.2) is 35.3 Å². The quantitative estimate of drug-likeness (QED) is 0.764. The molecule has 0 bridgehead atoms. The molecule has 1 heterocycles. The van der Waals surface area contributed by atoms with Crippen LogP contribution in [0.1, 0.15) is 11.1 Å². The minimum absolute atomic E-state index is 0.242. The topological polar surface area (TPSA) is 58.9 Å². The molecule has 3 nitrogen and oxygen atoms in total. The summed E-state index contributed by atoms with van der Waals surface area (Å²) in [5.74, 6) is 0. The number of anilines is 1. The highest BCUT2D eigenvalue weighted by Gasteiger charge is 2.05. The van der Waals surface area contributed by atoms with E-state index in [9.17, 15) is 4.79 Å². The first-order chi connectivity index (χ1) is 7.59. The molecule has 0 fully saturated rings.